The highest BCUT2D eigenvalue weighted by atomic mass is 32.2. The van der Waals surface area contributed by atoms with Crippen LogP contribution in [0.25, 0.3) is 0 Å². The van der Waals surface area contributed by atoms with Gasteiger partial charge in [-0.2, -0.15) is 0 Å². The van der Waals surface area contributed by atoms with Crippen LogP contribution in [-0.2, 0) is 11.3 Å². The highest BCUT2D eigenvalue weighted by molar-refractivity contribution is 7.99. The number of thioether (sulfide) groups is 1. The molecule has 0 bridgehead atoms. The first-order chi connectivity index (χ1) is 12.7. The maximum Gasteiger partial charge on any atom is 0.238 e. The summed E-state index contributed by atoms with van der Waals surface area (Å²) in [4.78, 5) is 15.4. The summed E-state index contributed by atoms with van der Waals surface area (Å²) in [7, 11) is 1.92. The number of fused-ring (bicyclic) bond motifs is 1. The minimum atomic E-state index is -0.0418. The van der Waals surface area contributed by atoms with Gasteiger partial charge >= 0.3 is 0 Å². The summed E-state index contributed by atoms with van der Waals surface area (Å²) >= 11 is 1.65. The molecule has 1 aliphatic rings. The second kappa shape index (κ2) is 8.78. The second-order valence-electron chi connectivity index (χ2n) is 6.00. The van der Waals surface area contributed by atoms with Crippen molar-refractivity contribution in [3.63, 3.8) is 0 Å². The smallest absolute Gasteiger partial charge is 0.238 e. The molecule has 0 saturated heterocycles. The number of ether oxygens (including phenoxy) is 2. The highest BCUT2D eigenvalue weighted by Gasteiger charge is 2.15. The lowest BCUT2D eigenvalue weighted by Crippen LogP contribution is -2.30. The number of rotatable bonds is 8. The number of carbonyl (C=O) groups excluding carboxylic acids is 1. The van der Waals surface area contributed by atoms with Gasteiger partial charge in [0.2, 0.25) is 12.7 Å². The van der Waals surface area contributed by atoms with E-state index in [1.165, 1.54) is 0 Å². The van der Waals surface area contributed by atoms with E-state index in [1.54, 1.807) is 11.8 Å². The SMILES string of the molecule is C=CCSc1ccccc1NC(=O)CN(C)Cc1ccc2c(c1)OCO2. The maximum atomic E-state index is 12.4. The largest absolute Gasteiger partial charge is 0.454 e. The van der Waals surface area contributed by atoms with E-state index >= 15 is 0 Å². The number of carbonyl (C=O) groups is 1. The van der Waals surface area contributed by atoms with Gasteiger partial charge in [0, 0.05) is 17.2 Å². The number of hydrogen-bond acceptors (Lipinski definition) is 5. The third kappa shape index (κ3) is 4.80. The van der Waals surface area contributed by atoms with Crippen LogP contribution in [0, 0.1) is 0 Å². The lowest BCUT2D eigenvalue weighted by atomic mass is 10.2. The first kappa shape index (κ1) is 18.4. The standard InChI is InChI=1S/C20H22N2O3S/c1-3-10-26-19-7-5-4-6-16(19)21-20(23)13-22(2)12-15-8-9-17-18(11-15)25-14-24-17/h3-9,11H,1,10,12-14H2,2H3,(H,21,23). The fourth-order valence-electron chi connectivity index (χ4n) is 2.69. The van der Waals surface area contributed by atoms with Crippen molar-refractivity contribution in [3.05, 3.63) is 60.7 Å². The van der Waals surface area contributed by atoms with E-state index in [-0.39, 0.29) is 12.7 Å². The summed E-state index contributed by atoms with van der Waals surface area (Å²) in [6.45, 7) is 4.95. The van der Waals surface area contributed by atoms with Gasteiger partial charge in [-0.3, -0.25) is 9.69 Å². The van der Waals surface area contributed by atoms with E-state index in [0.29, 0.717) is 13.1 Å². The van der Waals surface area contributed by atoms with Gasteiger partial charge in [-0.05, 0) is 36.9 Å². The zero-order chi connectivity index (χ0) is 18.4. The van der Waals surface area contributed by atoms with Crippen molar-refractivity contribution < 1.29 is 14.3 Å². The Kier molecular flexibility index (Phi) is 6.20. The van der Waals surface area contributed by atoms with Crippen molar-refractivity contribution in [1.29, 1.82) is 0 Å². The van der Waals surface area contributed by atoms with E-state index in [0.717, 1.165) is 33.4 Å². The first-order valence-electron chi connectivity index (χ1n) is 8.35. The lowest BCUT2D eigenvalue weighted by Gasteiger charge is -2.17. The zero-order valence-electron chi connectivity index (χ0n) is 14.7. The highest BCUT2D eigenvalue weighted by Crippen LogP contribution is 2.32. The topological polar surface area (TPSA) is 50.8 Å². The number of hydrogen-bond donors (Lipinski definition) is 1. The molecule has 5 nitrogen and oxygen atoms in total. The summed E-state index contributed by atoms with van der Waals surface area (Å²) in [5, 5.41) is 3.00. The van der Waals surface area contributed by atoms with Gasteiger partial charge in [-0.25, -0.2) is 0 Å². The molecule has 26 heavy (non-hydrogen) atoms. The molecule has 0 aliphatic carbocycles. The predicted octanol–water partition coefficient (Wildman–Crippen LogP) is 3.76. The van der Waals surface area contributed by atoms with E-state index < -0.39 is 0 Å². The zero-order valence-corrected chi connectivity index (χ0v) is 15.6. The van der Waals surface area contributed by atoms with Gasteiger partial charge < -0.3 is 14.8 Å². The normalized spacial score (nSPS) is 12.2. The Labute approximate surface area is 158 Å². The average molecular weight is 370 g/mol. The first-order valence-corrected chi connectivity index (χ1v) is 9.34. The Hall–Kier alpha value is -2.44. The Morgan fingerprint density at radius 2 is 2.08 bits per heavy atom. The van der Waals surface area contributed by atoms with Gasteiger partial charge in [0.15, 0.2) is 11.5 Å². The molecule has 0 aromatic heterocycles. The molecule has 0 saturated carbocycles. The van der Waals surface area contributed by atoms with Crippen molar-refractivity contribution in [2.75, 3.05) is 31.5 Å². The summed E-state index contributed by atoms with van der Waals surface area (Å²) in [6.07, 6.45) is 1.85. The molecule has 1 heterocycles. The second-order valence-corrected chi connectivity index (χ2v) is 7.07. The molecule has 6 heteroatoms. The monoisotopic (exact) mass is 370 g/mol. The van der Waals surface area contributed by atoms with Crippen molar-refractivity contribution in [1.82, 2.24) is 4.90 Å². The molecule has 2 aromatic carbocycles. The average Bonchev–Trinajstić information content (AvgIpc) is 3.08. The minimum absolute atomic E-state index is 0.0418. The van der Waals surface area contributed by atoms with E-state index in [9.17, 15) is 4.79 Å². The predicted molar refractivity (Wildman–Crippen MR) is 105 cm³/mol. The van der Waals surface area contributed by atoms with Crippen LogP contribution in [-0.4, -0.2) is 36.9 Å². The van der Waals surface area contributed by atoms with Crippen LogP contribution >= 0.6 is 11.8 Å². The third-order valence-corrected chi connectivity index (χ3v) is 4.89. The molecule has 0 spiro atoms. The number of nitrogens with one attached hydrogen (secondary N) is 1. The molecule has 3 rings (SSSR count). The molecular weight excluding hydrogens is 348 g/mol. The van der Waals surface area contributed by atoms with Gasteiger partial charge in [0.25, 0.3) is 0 Å². The van der Waals surface area contributed by atoms with Crippen LogP contribution in [0.15, 0.2) is 60.0 Å². The summed E-state index contributed by atoms with van der Waals surface area (Å²) in [5.74, 6) is 2.29. The molecule has 1 N–H and O–H groups in total. The van der Waals surface area contributed by atoms with Crippen molar-refractivity contribution in [3.8, 4) is 11.5 Å². The summed E-state index contributed by atoms with van der Waals surface area (Å²) < 4.78 is 10.7. The Morgan fingerprint density at radius 1 is 1.27 bits per heavy atom. The molecule has 0 radical (unpaired) electrons. The minimum Gasteiger partial charge on any atom is -0.454 e. The van der Waals surface area contributed by atoms with Crippen molar-refractivity contribution in [2.45, 2.75) is 11.4 Å². The Morgan fingerprint density at radius 3 is 2.92 bits per heavy atom. The molecule has 1 aliphatic heterocycles. The number of amides is 1. The van der Waals surface area contributed by atoms with E-state index in [2.05, 4.69) is 11.9 Å². The Balaban J connectivity index is 1.55. The third-order valence-electron chi connectivity index (χ3n) is 3.82. The molecule has 0 atom stereocenters. The van der Waals surface area contributed by atoms with Crippen molar-refractivity contribution in [2.24, 2.45) is 0 Å². The number of para-hydroxylation sites is 1. The van der Waals surface area contributed by atoms with Crippen LogP contribution in [0.2, 0.25) is 0 Å². The number of likely N-dealkylation sites (N-methyl/N-ethyl adjacent to an activating group) is 1. The van der Waals surface area contributed by atoms with Crippen LogP contribution in [0.4, 0.5) is 5.69 Å². The van der Waals surface area contributed by atoms with Crippen LogP contribution in [0.5, 0.6) is 11.5 Å². The molecular formula is C20H22N2O3S. The molecule has 1 amide bonds. The molecule has 136 valence electrons. The van der Waals surface area contributed by atoms with E-state index in [4.69, 9.17) is 9.47 Å². The molecule has 2 aromatic rings. The fraction of sp³-hybridized carbons (Fsp3) is 0.250. The number of anilines is 1. The summed E-state index contributed by atoms with van der Waals surface area (Å²) in [6, 6.07) is 13.7. The summed E-state index contributed by atoms with van der Waals surface area (Å²) in [5.41, 5.74) is 1.91. The van der Waals surface area contributed by atoms with Gasteiger partial charge in [-0.15, -0.1) is 18.3 Å². The quantitative estimate of drug-likeness (QED) is 0.566. The fourth-order valence-corrected chi connectivity index (χ4v) is 3.43. The van der Waals surface area contributed by atoms with E-state index in [1.807, 2.05) is 60.5 Å². The van der Waals surface area contributed by atoms with Crippen molar-refractivity contribution >= 4 is 23.4 Å². The molecule has 0 unspecified atom stereocenters. The van der Waals surface area contributed by atoms with Crippen LogP contribution in [0.1, 0.15) is 5.56 Å². The molecule has 0 fully saturated rings. The number of nitrogens with zero attached hydrogens (tertiary/aromatic N) is 1. The number of benzene rings is 2. The van der Waals surface area contributed by atoms with Crippen LogP contribution in [0.3, 0.4) is 0 Å². The van der Waals surface area contributed by atoms with Gasteiger partial charge in [0.1, 0.15) is 0 Å². The lowest BCUT2D eigenvalue weighted by molar-refractivity contribution is -0.117. The van der Waals surface area contributed by atoms with Gasteiger partial charge in [0.05, 0.1) is 12.2 Å². The van der Waals surface area contributed by atoms with Gasteiger partial charge in [-0.1, -0.05) is 24.3 Å². The maximum absolute atomic E-state index is 12.4. The Bertz CT molecular complexity index is 794. The van der Waals surface area contributed by atoms with Crippen LogP contribution < -0.4 is 14.8 Å².